The number of nitrogens with zero attached hydrogens (tertiary/aromatic N) is 1. The molecule has 0 N–H and O–H groups in total. The first-order valence-electron chi connectivity index (χ1n) is 4.74. The smallest absolute Gasteiger partial charge is 0.320 e. The highest BCUT2D eigenvalue weighted by Crippen LogP contribution is 2.10. The molecular formula is C11H13NO4. The first kappa shape index (κ1) is 12.2. The lowest BCUT2D eigenvalue weighted by molar-refractivity contribution is -0.158. The molecule has 0 unspecified atom stereocenters. The number of pyridine rings is 1. The number of methoxy groups -OCH3 is 2. The van der Waals surface area contributed by atoms with Crippen LogP contribution in [0.1, 0.15) is 5.69 Å². The predicted molar refractivity (Wildman–Crippen MR) is 55.5 cm³/mol. The van der Waals surface area contributed by atoms with Crippen LogP contribution in [0.25, 0.3) is 0 Å². The van der Waals surface area contributed by atoms with E-state index < -0.39 is 17.9 Å². The van der Waals surface area contributed by atoms with Crippen LogP contribution in [0.2, 0.25) is 0 Å². The highest BCUT2D eigenvalue weighted by molar-refractivity contribution is 5.95. The van der Waals surface area contributed by atoms with Crippen LogP contribution in [0, 0.1) is 5.92 Å². The van der Waals surface area contributed by atoms with Crippen LogP contribution in [0.15, 0.2) is 24.4 Å². The average Bonchev–Trinajstić information content (AvgIpc) is 2.35. The summed E-state index contributed by atoms with van der Waals surface area (Å²) < 4.78 is 9.08. The topological polar surface area (TPSA) is 65.5 Å². The molecule has 0 aliphatic rings. The van der Waals surface area contributed by atoms with Crippen molar-refractivity contribution in [2.45, 2.75) is 6.42 Å². The second kappa shape index (κ2) is 5.85. The fourth-order valence-corrected chi connectivity index (χ4v) is 1.28. The Labute approximate surface area is 93.4 Å². The number of ether oxygens (including phenoxy) is 2. The second-order valence-corrected chi connectivity index (χ2v) is 3.12. The molecule has 0 fully saturated rings. The van der Waals surface area contributed by atoms with Crippen molar-refractivity contribution >= 4 is 11.9 Å². The third kappa shape index (κ3) is 3.05. The van der Waals surface area contributed by atoms with Crippen LogP contribution in [-0.4, -0.2) is 31.1 Å². The maximum absolute atomic E-state index is 11.4. The van der Waals surface area contributed by atoms with Crippen LogP contribution in [-0.2, 0) is 25.5 Å². The molecule has 86 valence electrons. The summed E-state index contributed by atoms with van der Waals surface area (Å²) in [6, 6.07) is 5.28. The Balaban J connectivity index is 2.79. The molecule has 1 rings (SSSR count). The molecule has 1 aromatic rings. The van der Waals surface area contributed by atoms with Gasteiger partial charge in [-0.1, -0.05) is 6.07 Å². The quantitative estimate of drug-likeness (QED) is 0.552. The minimum atomic E-state index is -0.954. The Morgan fingerprint density at radius 2 is 1.88 bits per heavy atom. The molecule has 0 aliphatic heterocycles. The van der Waals surface area contributed by atoms with E-state index in [4.69, 9.17) is 0 Å². The lowest BCUT2D eigenvalue weighted by Gasteiger charge is -2.11. The molecule has 5 nitrogen and oxygen atoms in total. The van der Waals surface area contributed by atoms with Crippen molar-refractivity contribution in [3.63, 3.8) is 0 Å². The summed E-state index contributed by atoms with van der Waals surface area (Å²) in [4.78, 5) is 26.8. The van der Waals surface area contributed by atoms with E-state index in [-0.39, 0.29) is 6.42 Å². The van der Waals surface area contributed by atoms with Crippen molar-refractivity contribution in [3.05, 3.63) is 30.1 Å². The summed E-state index contributed by atoms with van der Waals surface area (Å²) >= 11 is 0. The van der Waals surface area contributed by atoms with Crippen molar-refractivity contribution in [1.29, 1.82) is 0 Å². The second-order valence-electron chi connectivity index (χ2n) is 3.12. The van der Waals surface area contributed by atoms with Gasteiger partial charge in [0.1, 0.15) is 0 Å². The Morgan fingerprint density at radius 3 is 2.31 bits per heavy atom. The number of esters is 2. The SMILES string of the molecule is COC(=O)C(Cc1ccccn1)C(=O)OC. The zero-order chi connectivity index (χ0) is 12.0. The van der Waals surface area contributed by atoms with E-state index in [0.717, 1.165) is 0 Å². The Bertz CT molecular complexity index is 348. The summed E-state index contributed by atoms with van der Waals surface area (Å²) in [6.07, 6.45) is 1.78. The minimum Gasteiger partial charge on any atom is -0.468 e. The Kier molecular flexibility index (Phi) is 4.44. The standard InChI is InChI=1S/C11H13NO4/c1-15-10(13)9(11(14)16-2)7-8-5-3-4-6-12-8/h3-6,9H,7H2,1-2H3. The van der Waals surface area contributed by atoms with Crippen LogP contribution >= 0.6 is 0 Å². The van der Waals surface area contributed by atoms with Gasteiger partial charge in [-0.15, -0.1) is 0 Å². The minimum absolute atomic E-state index is 0.181. The van der Waals surface area contributed by atoms with Crippen molar-refractivity contribution in [1.82, 2.24) is 4.98 Å². The maximum Gasteiger partial charge on any atom is 0.320 e. The number of hydrogen-bond acceptors (Lipinski definition) is 5. The molecule has 0 saturated heterocycles. The van der Waals surface area contributed by atoms with Crippen molar-refractivity contribution in [2.75, 3.05) is 14.2 Å². The molecule has 0 saturated carbocycles. The van der Waals surface area contributed by atoms with Crippen LogP contribution in [0.3, 0.4) is 0 Å². The summed E-state index contributed by atoms with van der Waals surface area (Å²) in [7, 11) is 2.47. The number of carbonyl (C=O) groups is 2. The lowest BCUT2D eigenvalue weighted by Crippen LogP contribution is -2.28. The van der Waals surface area contributed by atoms with Crippen molar-refractivity contribution < 1.29 is 19.1 Å². The monoisotopic (exact) mass is 223 g/mol. The molecule has 0 aliphatic carbocycles. The van der Waals surface area contributed by atoms with Gasteiger partial charge in [0.2, 0.25) is 0 Å². The van der Waals surface area contributed by atoms with Gasteiger partial charge in [0.05, 0.1) is 14.2 Å². The van der Waals surface area contributed by atoms with Gasteiger partial charge in [-0.3, -0.25) is 14.6 Å². The molecule has 0 radical (unpaired) electrons. The number of aromatic nitrogens is 1. The molecule has 1 heterocycles. The normalized spacial score (nSPS) is 9.94. The zero-order valence-electron chi connectivity index (χ0n) is 9.17. The Morgan fingerprint density at radius 1 is 1.25 bits per heavy atom. The van der Waals surface area contributed by atoms with Gasteiger partial charge in [-0.05, 0) is 12.1 Å². The van der Waals surface area contributed by atoms with Gasteiger partial charge in [-0.25, -0.2) is 0 Å². The summed E-state index contributed by atoms with van der Waals surface area (Å²) in [5.74, 6) is -2.18. The van der Waals surface area contributed by atoms with Crippen molar-refractivity contribution in [3.8, 4) is 0 Å². The summed E-state index contributed by atoms with van der Waals surface area (Å²) in [5.41, 5.74) is 0.642. The third-order valence-electron chi connectivity index (χ3n) is 2.11. The fourth-order valence-electron chi connectivity index (χ4n) is 1.28. The summed E-state index contributed by atoms with van der Waals surface area (Å²) in [6.45, 7) is 0. The predicted octanol–water partition coefficient (Wildman–Crippen LogP) is 0.586. The van der Waals surface area contributed by atoms with Gasteiger partial charge >= 0.3 is 11.9 Å². The van der Waals surface area contributed by atoms with Gasteiger partial charge in [0.25, 0.3) is 0 Å². The molecule has 0 bridgehead atoms. The maximum atomic E-state index is 11.4. The highest BCUT2D eigenvalue weighted by atomic mass is 16.5. The molecule has 1 aromatic heterocycles. The van der Waals surface area contributed by atoms with Crippen LogP contribution in [0.5, 0.6) is 0 Å². The third-order valence-corrected chi connectivity index (χ3v) is 2.11. The van der Waals surface area contributed by atoms with E-state index in [2.05, 4.69) is 14.5 Å². The van der Waals surface area contributed by atoms with Crippen LogP contribution < -0.4 is 0 Å². The molecule has 0 amide bonds. The van der Waals surface area contributed by atoms with Gasteiger partial charge in [0.15, 0.2) is 5.92 Å². The number of rotatable bonds is 4. The molecule has 0 spiro atoms. The molecule has 0 aromatic carbocycles. The van der Waals surface area contributed by atoms with Gasteiger partial charge < -0.3 is 9.47 Å². The van der Waals surface area contributed by atoms with Crippen molar-refractivity contribution in [2.24, 2.45) is 5.92 Å². The first-order valence-corrected chi connectivity index (χ1v) is 4.74. The molecular weight excluding hydrogens is 210 g/mol. The average molecular weight is 223 g/mol. The van der Waals surface area contributed by atoms with E-state index in [1.807, 2.05) is 0 Å². The van der Waals surface area contributed by atoms with Gasteiger partial charge in [-0.2, -0.15) is 0 Å². The van der Waals surface area contributed by atoms with Gasteiger partial charge in [0, 0.05) is 18.3 Å². The largest absolute Gasteiger partial charge is 0.468 e. The molecule has 0 atom stereocenters. The number of carbonyl (C=O) groups excluding carboxylic acids is 2. The van der Waals surface area contributed by atoms with E-state index in [1.54, 1.807) is 24.4 Å². The first-order chi connectivity index (χ1) is 7.69. The van der Waals surface area contributed by atoms with E-state index in [0.29, 0.717) is 5.69 Å². The number of hydrogen-bond donors (Lipinski definition) is 0. The fraction of sp³-hybridized carbons (Fsp3) is 0.364. The lowest BCUT2D eigenvalue weighted by atomic mass is 10.0. The molecule has 16 heavy (non-hydrogen) atoms. The Hall–Kier alpha value is -1.91. The van der Waals surface area contributed by atoms with Crippen LogP contribution in [0.4, 0.5) is 0 Å². The molecule has 5 heteroatoms. The zero-order valence-corrected chi connectivity index (χ0v) is 9.17. The highest BCUT2D eigenvalue weighted by Gasteiger charge is 2.29. The van der Waals surface area contributed by atoms with E-state index in [9.17, 15) is 9.59 Å². The summed E-state index contributed by atoms with van der Waals surface area (Å²) in [5, 5.41) is 0. The van der Waals surface area contributed by atoms with E-state index >= 15 is 0 Å². The van der Waals surface area contributed by atoms with E-state index in [1.165, 1.54) is 14.2 Å².